The lowest BCUT2D eigenvalue weighted by atomic mass is 9.71. The number of hydrogen-bond acceptors (Lipinski definition) is 2. The van der Waals surface area contributed by atoms with Crippen molar-refractivity contribution < 1.29 is 9.53 Å². The van der Waals surface area contributed by atoms with Crippen LogP contribution in [-0.2, 0) is 9.53 Å². The summed E-state index contributed by atoms with van der Waals surface area (Å²) < 4.78 is 5.67. The molecule has 1 aromatic carbocycles. The second-order valence-corrected chi connectivity index (χ2v) is 6.87. The Morgan fingerprint density at radius 2 is 1.90 bits per heavy atom. The van der Waals surface area contributed by atoms with Gasteiger partial charge in [0.05, 0.1) is 0 Å². The van der Waals surface area contributed by atoms with Crippen LogP contribution < -0.4 is 0 Å². The molecular weight excluding hydrogens is 328 g/mol. The maximum absolute atomic E-state index is 12.8. The fourth-order valence-electron chi connectivity index (χ4n) is 2.50. The second kappa shape index (κ2) is 6.18. The maximum Gasteiger partial charge on any atom is 0.318 e. The molecule has 2 atom stereocenters. The monoisotopic (exact) mass is 348 g/mol. The fraction of sp³-hybridized carbons (Fsp3) is 0.389. The number of rotatable bonds is 3. The molecule has 1 aliphatic carbocycles. The number of ether oxygens (including phenoxy) is 1. The Bertz CT molecular complexity index is 554. The van der Waals surface area contributed by atoms with E-state index in [-0.39, 0.29) is 11.9 Å². The van der Waals surface area contributed by atoms with Gasteiger partial charge in [0, 0.05) is 11.2 Å². The minimum atomic E-state index is -0.705. The van der Waals surface area contributed by atoms with Crippen molar-refractivity contribution >= 4 is 21.9 Å². The van der Waals surface area contributed by atoms with E-state index in [0.29, 0.717) is 5.33 Å². The third kappa shape index (κ3) is 3.46. The van der Waals surface area contributed by atoms with Crippen LogP contribution in [0.1, 0.15) is 32.3 Å². The number of benzene rings is 1. The smallest absolute Gasteiger partial charge is 0.318 e. The molecule has 0 N–H and O–H groups in total. The molecule has 0 spiro atoms. The van der Waals surface area contributed by atoms with Crippen molar-refractivity contribution in [1.29, 1.82) is 0 Å². The molecule has 0 heterocycles. The molecule has 0 fully saturated rings. The van der Waals surface area contributed by atoms with Crippen LogP contribution in [0.25, 0.3) is 0 Å². The standard InChI is InChI=1S/C18H21BrO2/c1-17(2,3)21-16(20)18(13-19)12-8-7-11-15(18)14-9-5-4-6-10-14/h4-12,15H,13H2,1-3H3. The van der Waals surface area contributed by atoms with Gasteiger partial charge in [-0.25, -0.2) is 0 Å². The number of hydrogen-bond donors (Lipinski definition) is 0. The van der Waals surface area contributed by atoms with Crippen LogP contribution in [0, 0.1) is 5.41 Å². The number of alkyl halides is 1. The molecule has 1 aromatic rings. The first-order valence-corrected chi connectivity index (χ1v) is 8.21. The SMILES string of the molecule is CC(C)(C)OC(=O)C1(CBr)C=CC=CC1c1ccccc1. The van der Waals surface area contributed by atoms with Crippen LogP contribution in [-0.4, -0.2) is 16.9 Å². The number of halogens is 1. The highest BCUT2D eigenvalue weighted by Crippen LogP contribution is 2.44. The van der Waals surface area contributed by atoms with Crippen molar-refractivity contribution in [3.8, 4) is 0 Å². The van der Waals surface area contributed by atoms with Crippen LogP contribution in [0.4, 0.5) is 0 Å². The molecule has 0 aliphatic heterocycles. The summed E-state index contributed by atoms with van der Waals surface area (Å²) in [5.41, 5.74) is -0.0882. The Hall–Kier alpha value is -1.35. The topological polar surface area (TPSA) is 26.3 Å². The van der Waals surface area contributed by atoms with Crippen LogP contribution in [0.2, 0.25) is 0 Å². The zero-order valence-corrected chi connectivity index (χ0v) is 14.3. The van der Waals surface area contributed by atoms with E-state index in [1.165, 1.54) is 0 Å². The molecule has 2 rings (SSSR count). The molecule has 1 aliphatic rings. The lowest BCUT2D eigenvalue weighted by molar-refractivity contribution is -0.164. The van der Waals surface area contributed by atoms with Crippen molar-refractivity contribution in [2.24, 2.45) is 5.41 Å². The lowest BCUT2D eigenvalue weighted by Crippen LogP contribution is -2.42. The third-order valence-electron chi connectivity index (χ3n) is 3.52. The van der Waals surface area contributed by atoms with Gasteiger partial charge in [0.25, 0.3) is 0 Å². The van der Waals surface area contributed by atoms with Gasteiger partial charge in [0.15, 0.2) is 0 Å². The van der Waals surface area contributed by atoms with Gasteiger partial charge < -0.3 is 4.74 Å². The largest absolute Gasteiger partial charge is 0.459 e. The summed E-state index contributed by atoms with van der Waals surface area (Å²) in [5, 5.41) is 0.523. The summed E-state index contributed by atoms with van der Waals surface area (Å²) in [5.74, 6) is -0.223. The second-order valence-electron chi connectivity index (χ2n) is 6.31. The van der Waals surface area contributed by atoms with Crippen molar-refractivity contribution in [2.75, 3.05) is 5.33 Å². The van der Waals surface area contributed by atoms with Gasteiger partial charge in [-0.15, -0.1) is 0 Å². The Morgan fingerprint density at radius 3 is 2.48 bits per heavy atom. The summed E-state index contributed by atoms with van der Waals surface area (Å²) in [4.78, 5) is 12.8. The Balaban J connectivity index is 2.41. The van der Waals surface area contributed by atoms with Crippen LogP contribution >= 0.6 is 15.9 Å². The molecule has 112 valence electrons. The molecule has 21 heavy (non-hydrogen) atoms. The van der Waals surface area contributed by atoms with Gasteiger partial charge in [0.2, 0.25) is 0 Å². The third-order valence-corrected chi connectivity index (χ3v) is 4.45. The van der Waals surface area contributed by atoms with Gasteiger partial charge >= 0.3 is 5.97 Å². The molecule has 0 amide bonds. The normalized spacial score (nSPS) is 24.9. The predicted molar refractivity (Wildman–Crippen MR) is 89.5 cm³/mol. The highest BCUT2D eigenvalue weighted by atomic mass is 79.9. The number of carbonyl (C=O) groups is 1. The summed E-state index contributed by atoms with van der Waals surface area (Å²) in [6, 6.07) is 10.1. The quantitative estimate of drug-likeness (QED) is 0.588. The van der Waals surface area contributed by atoms with Crippen molar-refractivity contribution in [1.82, 2.24) is 0 Å². The molecule has 0 saturated carbocycles. The van der Waals surface area contributed by atoms with Crippen molar-refractivity contribution in [3.63, 3.8) is 0 Å². The number of esters is 1. The fourth-order valence-corrected chi connectivity index (χ4v) is 3.26. The lowest BCUT2D eigenvalue weighted by Gasteiger charge is -2.37. The number of carbonyl (C=O) groups excluding carboxylic acids is 1. The first-order chi connectivity index (χ1) is 9.89. The Kier molecular flexibility index (Phi) is 4.72. The maximum atomic E-state index is 12.8. The molecule has 0 saturated heterocycles. The molecule has 0 bridgehead atoms. The van der Waals surface area contributed by atoms with E-state index >= 15 is 0 Å². The van der Waals surface area contributed by atoms with Crippen molar-refractivity contribution in [2.45, 2.75) is 32.3 Å². The Labute approximate surface area is 135 Å². The summed E-state index contributed by atoms with van der Waals surface area (Å²) in [6.45, 7) is 5.69. The van der Waals surface area contributed by atoms with Crippen LogP contribution in [0.15, 0.2) is 54.6 Å². The van der Waals surface area contributed by atoms with E-state index in [1.54, 1.807) is 0 Å². The van der Waals surface area contributed by atoms with Gasteiger partial charge in [-0.3, -0.25) is 4.79 Å². The predicted octanol–water partition coefficient (Wildman–Crippen LogP) is 4.62. The van der Waals surface area contributed by atoms with Crippen LogP contribution in [0.5, 0.6) is 0 Å². The first-order valence-electron chi connectivity index (χ1n) is 7.09. The summed E-state index contributed by atoms with van der Waals surface area (Å²) in [6.07, 6.45) is 7.93. The molecular formula is C18H21BrO2. The van der Waals surface area contributed by atoms with Crippen molar-refractivity contribution in [3.05, 3.63) is 60.2 Å². The minimum Gasteiger partial charge on any atom is -0.459 e. The van der Waals surface area contributed by atoms with E-state index in [4.69, 9.17) is 4.74 Å². The van der Waals surface area contributed by atoms with E-state index in [0.717, 1.165) is 5.56 Å². The van der Waals surface area contributed by atoms with E-state index in [2.05, 4.69) is 34.1 Å². The average Bonchev–Trinajstić information content (AvgIpc) is 2.46. The molecule has 3 heteroatoms. The zero-order valence-electron chi connectivity index (χ0n) is 12.7. The van der Waals surface area contributed by atoms with E-state index < -0.39 is 11.0 Å². The molecule has 0 radical (unpaired) electrons. The number of allylic oxidation sites excluding steroid dienone is 3. The van der Waals surface area contributed by atoms with Gasteiger partial charge in [-0.1, -0.05) is 70.6 Å². The highest BCUT2D eigenvalue weighted by Gasteiger charge is 2.45. The molecule has 0 aromatic heterocycles. The Morgan fingerprint density at radius 1 is 1.24 bits per heavy atom. The minimum absolute atomic E-state index is 0.0297. The van der Waals surface area contributed by atoms with Gasteiger partial charge in [-0.2, -0.15) is 0 Å². The summed E-state index contributed by atoms with van der Waals surface area (Å²) in [7, 11) is 0. The first kappa shape index (κ1) is 16.0. The molecule has 2 nitrogen and oxygen atoms in total. The van der Waals surface area contributed by atoms with Gasteiger partial charge in [-0.05, 0) is 26.3 Å². The van der Waals surface area contributed by atoms with E-state index in [9.17, 15) is 4.79 Å². The zero-order chi connectivity index (χ0) is 15.5. The summed E-state index contributed by atoms with van der Waals surface area (Å²) >= 11 is 3.53. The molecule has 2 unspecified atom stereocenters. The average molecular weight is 349 g/mol. The van der Waals surface area contributed by atoms with Crippen LogP contribution in [0.3, 0.4) is 0 Å². The highest BCUT2D eigenvalue weighted by molar-refractivity contribution is 9.09. The van der Waals surface area contributed by atoms with E-state index in [1.807, 2.05) is 57.2 Å². The van der Waals surface area contributed by atoms with Gasteiger partial charge in [0.1, 0.15) is 11.0 Å².